The molecule has 30 nitrogen and oxygen atoms in total. The minimum Gasteiger partial charge on any atom is -0.444 e. The molecule has 0 saturated heterocycles. The van der Waals surface area contributed by atoms with Crippen LogP contribution in [0.1, 0.15) is 104 Å². The first-order valence-electron chi connectivity index (χ1n) is 38.2. The van der Waals surface area contributed by atoms with Crippen LogP contribution in [0.25, 0.3) is 32.3 Å². The first kappa shape index (κ1) is 91.0. The number of benzene rings is 8. The fourth-order valence-electron chi connectivity index (χ4n) is 11.4. The van der Waals surface area contributed by atoms with Crippen molar-refractivity contribution in [2.24, 2.45) is 0 Å². The zero-order valence-corrected chi connectivity index (χ0v) is 67.7. The number of nitrogens with one attached hydrogen (secondary N) is 6. The lowest BCUT2D eigenvalue weighted by Gasteiger charge is -2.23. The van der Waals surface area contributed by atoms with Crippen molar-refractivity contribution >= 4 is 114 Å². The highest BCUT2D eigenvalue weighted by atomic mass is 16.6. The first-order valence-corrected chi connectivity index (χ1v) is 38.2. The largest absolute Gasteiger partial charge is 0.444 e. The fraction of sp³-hybridized carbons (Fsp3) is 0.419. The van der Waals surface area contributed by atoms with Gasteiger partial charge in [-0.05, 0) is 183 Å². The maximum atomic E-state index is 14.9. The number of methoxy groups -OCH3 is 4. The number of hydrogen-bond acceptors (Lipinski definition) is 22. The molecule has 0 heterocycles. The van der Waals surface area contributed by atoms with E-state index in [4.69, 9.17) is 66.3 Å². The summed E-state index contributed by atoms with van der Waals surface area (Å²) in [6, 6.07) is 39.6. The van der Waals surface area contributed by atoms with Crippen molar-refractivity contribution in [3.05, 3.63) is 179 Å². The summed E-state index contributed by atoms with van der Waals surface area (Å²) in [6.07, 6.45) is -1.28. The van der Waals surface area contributed by atoms with E-state index in [1.165, 1.54) is 46.2 Å². The second-order valence-corrected chi connectivity index (χ2v) is 28.5. The van der Waals surface area contributed by atoms with Crippen LogP contribution in [-0.4, -0.2) is 255 Å². The van der Waals surface area contributed by atoms with Gasteiger partial charge in [-0.25, -0.2) is 9.59 Å². The van der Waals surface area contributed by atoms with Gasteiger partial charge in [-0.3, -0.25) is 39.4 Å². The molecular formula is C86H108N8O22. The molecule has 8 aromatic rings. The van der Waals surface area contributed by atoms with Crippen molar-refractivity contribution in [1.82, 2.24) is 9.80 Å². The Kier molecular flexibility index (Phi) is 37.2. The molecule has 0 aliphatic heterocycles. The number of anilines is 6. The van der Waals surface area contributed by atoms with Gasteiger partial charge in [-0.15, -0.1) is 0 Å². The van der Waals surface area contributed by atoms with Crippen LogP contribution in [0.15, 0.2) is 146 Å². The topological polar surface area (TPSA) is 344 Å². The van der Waals surface area contributed by atoms with Crippen LogP contribution in [0.3, 0.4) is 0 Å². The molecule has 0 aromatic heterocycles. The van der Waals surface area contributed by atoms with Crippen molar-refractivity contribution in [3.63, 3.8) is 0 Å². The van der Waals surface area contributed by atoms with Crippen molar-refractivity contribution < 1.29 is 105 Å². The van der Waals surface area contributed by atoms with E-state index in [0.29, 0.717) is 109 Å². The summed E-state index contributed by atoms with van der Waals surface area (Å²) >= 11 is 0. The summed E-state index contributed by atoms with van der Waals surface area (Å²) in [6.45, 7) is 16.6. The third kappa shape index (κ3) is 31.6. The predicted molar refractivity (Wildman–Crippen MR) is 442 cm³/mol. The van der Waals surface area contributed by atoms with Crippen LogP contribution in [-0.2, 0) is 66.3 Å². The minimum atomic E-state index is -0.736. The highest BCUT2D eigenvalue weighted by Crippen LogP contribution is 2.29. The number of nitrogens with zero attached hydrogens (tertiary/aromatic N) is 2. The summed E-state index contributed by atoms with van der Waals surface area (Å²) < 4.78 is 77.0. The van der Waals surface area contributed by atoms with Crippen molar-refractivity contribution in [1.29, 1.82) is 0 Å². The Hall–Kier alpha value is -10.6. The maximum absolute atomic E-state index is 14.9. The van der Waals surface area contributed by atoms with Gasteiger partial charge in [0.05, 0.1) is 132 Å². The van der Waals surface area contributed by atoms with Gasteiger partial charge < -0.3 is 97.4 Å². The van der Waals surface area contributed by atoms with Gasteiger partial charge in [0.2, 0.25) is 0 Å². The molecule has 0 atom stereocenters. The Labute approximate surface area is 675 Å². The molecule has 8 rings (SSSR count). The van der Waals surface area contributed by atoms with Crippen LogP contribution in [0.2, 0.25) is 0 Å². The van der Waals surface area contributed by atoms with Crippen molar-refractivity contribution in [2.45, 2.75) is 52.7 Å². The van der Waals surface area contributed by atoms with Crippen molar-refractivity contribution in [3.8, 4) is 0 Å². The summed E-state index contributed by atoms with van der Waals surface area (Å²) in [7, 11) is 6.30. The number of fused-ring (bicyclic) bond motifs is 3. The van der Waals surface area contributed by atoms with E-state index < -0.39 is 58.8 Å². The normalized spacial score (nSPS) is 11.5. The quantitative estimate of drug-likeness (QED) is 0.0193. The molecule has 0 unspecified atom stereocenters. The van der Waals surface area contributed by atoms with Crippen LogP contribution in [0.4, 0.5) is 43.7 Å². The van der Waals surface area contributed by atoms with E-state index in [1.54, 1.807) is 167 Å². The van der Waals surface area contributed by atoms with Crippen LogP contribution >= 0.6 is 0 Å². The Morgan fingerprint density at radius 1 is 0.250 bits per heavy atom. The molecule has 6 N–H and O–H groups in total. The van der Waals surface area contributed by atoms with Gasteiger partial charge in [-0.2, -0.15) is 0 Å². The number of rotatable bonds is 48. The Morgan fingerprint density at radius 2 is 0.448 bits per heavy atom. The van der Waals surface area contributed by atoms with Crippen LogP contribution in [0, 0.1) is 0 Å². The van der Waals surface area contributed by atoms with E-state index in [9.17, 15) is 38.4 Å². The number of amides is 8. The molecule has 0 aliphatic carbocycles. The smallest absolute Gasteiger partial charge is 0.412 e. The third-order valence-corrected chi connectivity index (χ3v) is 17.1. The van der Waals surface area contributed by atoms with E-state index >= 15 is 0 Å². The first-order chi connectivity index (χ1) is 55.9. The number of carbonyl (C=O) groups is 8. The summed E-state index contributed by atoms with van der Waals surface area (Å²) in [5.74, 6) is -3.75. The van der Waals surface area contributed by atoms with Gasteiger partial charge in [0.25, 0.3) is 35.4 Å². The Morgan fingerprint density at radius 3 is 0.664 bits per heavy atom. The van der Waals surface area contributed by atoms with Gasteiger partial charge in [0.1, 0.15) is 11.2 Å². The number of carbonyl (C=O) groups excluding carboxylic acids is 8. The molecule has 8 amide bonds. The Bertz CT molecular complexity index is 4250. The fourth-order valence-corrected chi connectivity index (χ4v) is 11.4. The summed E-state index contributed by atoms with van der Waals surface area (Å²) in [5.41, 5.74) is 0.610. The Balaban J connectivity index is 1.08. The van der Waals surface area contributed by atoms with Crippen LogP contribution in [0.5, 0.6) is 0 Å². The summed E-state index contributed by atoms with van der Waals surface area (Å²) in [5, 5.41) is 21.5. The lowest BCUT2D eigenvalue weighted by Crippen LogP contribution is -2.37. The van der Waals surface area contributed by atoms with Gasteiger partial charge in [0.15, 0.2) is 0 Å². The van der Waals surface area contributed by atoms with Gasteiger partial charge in [-0.1, -0.05) is 36.4 Å². The van der Waals surface area contributed by atoms with Gasteiger partial charge >= 0.3 is 12.2 Å². The minimum absolute atomic E-state index is 0.00172. The summed E-state index contributed by atoms with van der Waals surface area (Å²) in [4.78, 5) is 117. The molecule has 0 bridgehead atoms. The van der Waals surface area contributed by atoms with E-state index in [1.807, 2.05) is 12.1 Å². The van der Waals surface area contributed by atoms with E-state index in [0.717, 1.165) is 10.8 Å². The third-order valence-electron chi connectivity index (χ3n) is 17.1. The van der Waals surface area contributed by atoms with E-state index in [2.05, 4.69) is 31.9 Å². The second-order valence-electron chi connectivity index (χ2n) is 28.5. The zero-order valence-electron chi connectivity index (χ0n) is 67.7. The van der Waals surface area contributed by atoms with E-state index in [-0.39, 0.29) is 139 Å². The molecule has 0 spiro atoms. The lowest BCUT2D eigenvalue weighted by molar-refractivity contribution is 0.00970. The number of ether oxygens (including phenoxy) is 14. The molecule has 0 radical (unpaired) electrons. The lowest BCUT2D eigenvalue weighted by atomic mass is 10.0. The van der Waals surface area contributed by atoms with Gasteiger partial charge in [0, 0.05) is 122 Å². The second kappa shape index (κ2) is 47.4. The zero-order chi connectivity index (χ0) is 83.2. The molecule has 116 heavy (non-hydrogen) atoms. The standard InChI is InChI=1S/C86H108N8O22/c1-85(2,3)115-83(101)91-75-21-15-60-13-19-73(55-63(60)57-75)89-79(97)67-47-65(49-69(51-67)81(99)93(23-27-107-39-43-111-35-31-103-7)24-28-108-40-44-112-36-32-104-8)77(95)87-71-17-11-59-12-18-72(54-62(59)53-71)88-78(96)66-48-68(80(98)90-74-20-14-61-16-22-76(58-64(61)56-74)92-84(102)116-86(4,5)6)52-70(50-66)82(100)94(25-29-109-41-45-113-37-33-105-9)26-30-110-42-46-114-38-34-106-10/h11-22,47-58H,23-46H2,1-10H3,(H,87,95)(H,88,96)(H,89,97)(H,90,98)(H,91,101)(H,92,102). The molecule has 624 valence electrons. The SMILES string of the molecule is COCCOCCOCCN(CCOCCOCCOC)C(=O)c1cc(C(=O)Nc2ccc3ccc(NC(=O)OC(C)(C)C)cc3c2)cc(C(=O)Nc2ccc3ccc(NC(=O)c4cc(C(=O)Nc5ccc6ccc(NC(=O)OC(C)(C)C)cc6c5)cc(C(=O)N(CCOCCOCCOC)CCOCCOCCOC)c4)cc3c2)c1. The molecule has 0 fully saturated rings. The average Bonchev–Trinajstić information content (AvgIpc) is 0.803. The highest BCUT2D eigenvalue weighted by Gasteiger charge is 2.26. The van der Waals surface area contributed by atoms with Crippen molar-refractivity contribution in [2.75, 3.05) is 219 Å². The molecular weight excluding hydrogens is 1500 g/mol. The molecule has 0 aliphatic rings. The molecule has 8 aromatic carbocycles. The molecule has 0 saturated carbocycles. The van der Waals surface area contributed by atoms with Crippen LogP contribution < -0.4 is 31.9 Å². The predicted octanol–water partition coefficient (Wildman–Crippen LogP) is 12.5. The average molecular weight is 1610 g/mol. The molecule has 30 heteroatoms. The monoisotopic (exact) mass is 1600 g/mol. The number of hydrogen-bond donors (Lipinski definition) is 6. The maximum Gasteiger partial charge on any atom is 0.412 e. The highest BCUT2D eigenvalue weighted by molar-refractivity contribution is 6.14.